The molecule has 4 N–H and O–H groups in total. The molecule has 0 bridgehead atoms. The number of amides is 1. The van der Waals surface area contributed by atoms with Gasteiger partial charge in [0.15, 0.2) is 0 Å². The summed E-state index contributed by atoms with van der Waals surface area (Å²) < 4.78 is 10.6. The smallest absolute Gasteiger partial charge is 0.404 e. The number of allylic oxidation sites excluding steroid dienone is 2. The number of carbonyl (C=O) groups is 1. The molecule has 0 aliphatic heterocycles. The summed E-state index contributed by atoms with van der Waals surface area (Å²) in [5.41, 5.74) is 7.52. The fourth-order valence-corrected chi connectivity index (χ4v) is 5.29. The van der Waals surface area contributed by atoms with Crippen molar-refractivity contribution in [2.24, 2.45) is 35.3 Å². The van der Waals surface area contributed by atoms with Crippen LogP contribution in [0.2, 0.25) is 0 Å². The molecule has 0 saturated carbocycles. The molecule has 2 rings (SSSR count). The van der Waals surface area contributed by atoms with Gasteiger partial charge in [-0.25, -0.2) is 9.59 Å². The SMILES string of the molecule is CC/C=C\[C@H](C)[C@H](OC(N)=O)[C@@H](C)[C@H](O)[C@@H](C)C/C(C)=C\[C@H](C)[C@@H](O)[C@@H](C)/C=C\c1ccc2oc(=O)ccc2c1. The number of nitrogens with two attached hydrogens (primary N) is 1. The molecule has 0 unspecified atom stereocenters. The van der Waals surface area contributed by atoms with Gasteiger partial charge in [-0.15, -0.1) is 0 Å². The largest absolute Gasteiger partial charge is 0.445 e. The first-order valence-electron chi connectivity index (χ1n) is 14.2. The van der Waals surface area contributed by atoms with E-state index in [1.807, 2.05) is 84.9 Å². The first-order valence-corrected chi connectivity index (χ1v) is 14.2. The maximum absolute atomic E-state index is 11.5. The predicted octanol–water partition coefficient (Wildman–Crippen LogP) is 6.48. The van der Waals surface area contributed by atoms with E-state index < -0.39 is 24.4 Å². The quantitative estimate of drug-likeness (QED) is 0.182. The number of aliphatic hydroxyl groups excluding tert-OH is 2. The highest BCUT2D eigenvalue weighted by Crippen LogP contribution is 2.29. The van der Waals surface area contributed by atoms with E-state index in [9.17, 15) is 19.8 Å². The van der Waals surface area contributed by atoms with Gasteiger partial charge in [0.25, 0.3) is 0 Å². The van der Waals surface area contributed by atoms with Crippen molar-refractivity contribution in [1.29, 1.82) is 0 Å². The van der Waals surface area contributed by atoms with Gasteiger partial charge >= 0.3 is 11.7 Å². The summed E-state index contributed by atoms with van der Waals surface area (Å²) in [6.45, 7) is 13.8. The number of aliphatic hydroxyl groups is 2. The van der Waals surface area contributed by atoms with E-state index in [4.69, 9.17) is 14.9 Å². The number of hydrogen-bond acceptors (Lipinski definition) is 6. The minimum atomic E-state index is -0.843. The molecular weight excluding hydrogens is 506 g/mol. The van der Waals surface area contributed by atoms with Crippen LogP contribution in [0.4, 0.5) is 4.79 Å². The van der Waals surface area contributed by atoms with Crippen molar-refractivity contribution in [3.8, 4) is 0 Å². The van der Waals surface area contributed by atoms with Gasteiger partial charge in [-0.05, 0) is 49.4 Å². The number of hydrogen-bond donors (Lipinski definition) is 3. The second-order valence-corrected chi connectivity index (χ2v) is 11.3. The van der Waals surface area contributed by atoms with Crippen molar-refractivity contribution in [1.82, 2.24) is 0 Å². The molecule has 0 radical (unpaired) electrons. The van der Waals surface area contributed by atoms with Crippen molar-refractivity contribution in [2.45, 2.75) is 79.6 Å². The second-order valence-electron chi connectivity index (χ2n) is 11.3. The van der Waals surface area contributed by atoms with E-state index in [-0.39, 0.29) is 35.2 Å². The molecule has 220 valence electrons. The summed E-state index contributed by atoms with van der Waals surface area (Å²) in [7, 11) is 0. The lowest BCUT2D eigenvalue weighted by Crippen LogP contribution is -2.41. The average Bonchev–Trinajstić information content (AvgIpc) is 2.91. The molecule has 1 amide bonds. The normalized spacial score (nSPS) is 18.8. The van der Waals surface area contributed by atoms with Crippen LogP contribution in [-0.4, -0.2) is 34.6 Å². The molecular formula is C33H47NO6. The fourth-order valence-electron chi connectivity index (χ4n) is 5.29. The van der Waals surface area contributed by atoms with Gasteiger partial charge in [-0.2, -0.15) is 0 Å². The molecule has 0 aliphatic rings. The molecule has 0 spiro atoms. The molecule has 1 aromatic carbocycles. The first-order chi connectivity index (χ1) is 18.8. The summed E-state index contributed by atoms with van der Waals surface area (Å²) in [6, 6.07) is 8.72. The predicted molar refractivity (Wildman–Crippen MR) is 162 cm³/mol. The summed E-state index contributed by atoms with van der Waals surface area (Å²) in [4.78, 5) is 22.9. The van der Waals surface area contributed by atoms with Crippen LogP contribution in [-0.2, 0) is 4.74 Å². The monoisotopic (exact) mass is 553 g/mol. The lowest BCUT2D eigenvalue weighted by Gasteiger charge is -2.33. The third kappa shape index (κ3) is 9.79. The Morgan fingerprint density at radius 2 is 1.70 bits per heavy atom. The zero-order valence-corrected chi connectivity index (χ0v) is 24.9. The molecule has 1 aromatic heterocycles. The minimum absolute atomic E-state index is 0.0824. The molecule has 7 heteroatoms. The van der Waals surface area contributed by atoms with Crippen LogP contribution in [0.5, 0.6) is 0 Å². The third-order valence-corrected chi connectivity index (χ3v) is 7.59. The van der Waals surface area contributed by atoms with E-state index in [0.29, 0.717) is 12.0 Å². The molecule has 40 heavy (non-hydrogen) atoms. The van der Waals surface area contributed by atoms with Crippen molar-refractivity contribution < 1.29 is 24.2 Å². The maximum atomic E-state index is 11.5. The molecule has 0 fully saturated rings. The van der Waals surface area contributed by atoms with E-state index in [1.165, 1.54) is 6.07 Å². The van der Waals surface area contributed by atoms with Crippen molar-refractivity contribution in [2.75, 3.05) is 0 Å². The number of fused-ring (bicyclic) bond motifs is 1. The van der Waals surface area contributed by atoms with Gasteiger partial charge in [0.05, 0.1) is 12.2 Å². The number of ether oxygens (including phenoxy) is 1. The molecule has 8 atom stereocenters. The molecule has 1 heterocycles. The van der Waals surface area contributed by atoms with Crippen molar-refractivity contribution >= 4 is 23.1 Å². The van der Waals surface area contributed by atoms with Crippen molar-refractivity contribution in [3.63, 3.8) is 0 Å². The average molecular weight is 554 g/mol. The summed E-state index contributed by atoms with van der Waals surface area (Å²) in [6.07, 6.45) is 8.84. The Labute approximate surface area is 238 Å². The van der Waals surface area contributed by atoms with Gasteiger partial charge in [0.1, 0.15) is 11.7 Å². The Morgan fingerprint density at radius 3 is 2.35 bits per heavy atom. The fraction of sp³-hybridized carbons (Fsp3) is 0.515. The van der Waals surface area contributed by atoms with Gasteiger partial charge in [-0.3, -0.25) is 0 Å². The van der Waals surface area contributed by atoms with E-state index >= 15 is 0 Å². The van der Waals surface area contributed by atoms with Crippen LogP contribution in [0.15, 0.2) is 69.4 Å². The maximum Gasteiger partial charge on any atom is 0.404 e. The summed E-state index contributed by atoms with van der Waals surface area (Å²) in [5, 5.41) is 22.9. The van der Waals surface area contributed by atoms with Crippen LogP contribution < -0.4 is 11.4 Å². The highest BCUT2D eigenvalue weighted by Gasteiger charge is 2.33. The Morgan fingerprint density at radius 1 is 1.00 bits per heavy atom. The Bertz CT molecular complexity index is 1240. The van der Waals surface area contributed by atoms with Crippen LogP contribution in [0.3, 0.4) is 0 Å². The summed E-state index contributed by atoms with van der Waals surface area (Å²) in [5.74, 6) is -0.688. The second kappa shape index (κ2) is 15.6. The van der Waals surface area contributed by atoms with E-state index in [0.717, 1.165) is 22.9 Å². The van der Waals surface area contributed by atoms with Crippen LogP contribution in [0.25, 0.3) is 17.0 Å². The Hall–Kier alpha value is -3.16. The Balaban J connectivity index is 2.02. The lowest BCUT2D eigenvalue weighted by molar-refractivity contribution is -0.0266. The third-order valence-electron chi connectivity index (χ3n) is 7.59. The van der Waals surface area contributed by atoms with Crippen LogP contribution in [0, 0.1) is 29.6 Å². The molecule has 7 nitrogen and oxygen atoms in total. The minimum Gasteiger partial charge on any atom is -0.445 e. The molecule has 0 saturated heterocycles. The highest BCUT2D eigenvalue weighted by atomic mass is 16.6. The lowest BCUT2D eigenvalue weighted by atomic mass is 9.81. The highest BCUT2D eigenvalue weighted by molar-refractivity contribution is 5.79. The molecule has 2 aromatic rings. The van der Waals surface area contributed by atoms with E-state index in [2.05, 4.69) is 6.08 Å². The topological polar surface area (TPSA) is 123 Å². The zero-order chi connectivity index (χ0) is 30.0. The number of rotatable bonds is 14. The van der Waals surface area contributed by atoms with Gasteiger partial charge in [-0.1, -0.05) is 83.6 Å². The van der Waals surface area contributed by atoms with Gasteiger partial charge in [0.2, 0.25) is 0 Å². The van der Waals surface area contributed by atoms with Crippen LogP contribution in [0.1, 0.15) is 66.9 Å². The molecule has 0 aliphatic carbocycles. The van der Waals surface area contributed by atoms with Crippen LogP contribution >= 0.6 is 0 Å². The number of benzene rings is 1. The van der Waals surface area contributed by atoms with Crippen molar-refractivity contribution in [3.05, 3.63) is 76.2 Å². The van der Waals surface area contributed by atoms with E-state index in [1.54, 1.807) is 12.1 Å². The standard InChI is InChI=1S/C33H47NO6/c1-8-9-10-22(4)32(40-33(34)38)25(7)31(37)24(6)18-20(2)17-23(5)30(36)21(3)11-12-26-13-15-28-27(19-26)14-16-29(35)39-28/h9-17,19,21-25,30-32,36-37H,8,18H2,1-7H3,(H2,34,38)/b10-9-,12-11-,20-17-/t21-,22-,23-,24-,25-,30-,31+,32-/m0/s1. The summed E-state index contributed by atoms with van der Waals surface area (Å²) >= 11 is 0. The number of carbonyl (C=O) groups excluding carboxylic acids is 1. The van der Waals surface area contributed by atoms with Gasteiger partial charge < -0.3 is 25.1 Å². The Kier molecular flexibility index (Phi) is 12.9. The zero-order valence-electron chi connectivity index (χ0n) is 24.9. The van der Waals surface area contributed by atoms with Gasteiger partial charge in [0, 0.05) is 35.1 Å². The number of primary amides is 1. The first kappa shape index (κ1) is 33.0.